The summed E-state index contributed by atoms with van der Waals surface area (Å²) in [6.45, 7) is 5.59. The largest absolute Gasteiger partial charge is 0.488 e. The highest BCUT2D eigenvalue weighted by molar-refractivity contribution is 5.96. The maximum absolute atomic E-state index is 12.9. The Morgan fingerprint density at radius 3 is 2.81 bits per heavy atom. The fraction of sp³-hybridized carbons (Fsp3) is 0.273. The average molecular weight is 361 g/mol. The van der Waals surface area contributed by atoms with Gasteiger partial charge in [0, 0.05) is 30.2 Å². The van der Waals surface area contributed by atoms with Crippen molar-refractivity contribution in [2.75, 3.05) is 13.1 Å². The van der Waals surface area contributed by atoms with Gasteiger partial charge in [0.15, 0.2) is 0 Å². The molecule has 1 aliphatic heterocycles. The van der Waals surface area contributed by atoms with Crippen LogP contribution in [0, 0.1) is 6.92 Å². The van der Waals surface area contributed by atoms with E-state index in [1.54, 1.807) is 6.20 Å². The molecule has 0 bridgehead atoms. The third-order valence-electron chi connectivity index (χ3n) is 4.96. The van der Waals surface area contributed by atoms with Gasteiger partial charge < -0.3 is 15.4 Å². The highest BCUT2D eigenvalue weighted by Gasteiger charge is 2.20. The molecule has 1 atom stereocenters. The van der Waals surface area contributed by atoms with E-state index in [4.69, 9.17) is 4.74 Å². The number of ether oxygens (including phenoxy) is 1. The fourth-order valence-corrected chi connectivity index (χ4v) is 3.29. The molecule has 0 aliphatic carbocycles. The second-order valence-electron chi connectivity index (χ2n) is 6.99. The van der Waals surface area contributed by atoms with Crippen molar-refractivity contribution in [1.29, 1.82) is 0 Å². The van der Waals surface area contributed by atoms with Crippen LogP contribution in [0.15, 0.2) is 54.7 Å². The lowest BCUT2D eigenvalue weighted by Crippen LogP contribution is -2.50. The van der Waals surface area contributed by atoms with Gasteiger partial charge in [0.25, 0.3) is 5.91 Å². The van der Waals surface area contributed by atoms with Gasteiger partial charge in [-0.05, 0) is 43.0 Å². The lowest BCUT2D eigenvalue weighted by atomic mass is 10.0. The number of hydrogen-bond acceptors (Lipinski definition) is 4. The molecule has 1 aliphatic rings. The fourth-order valence-electron chi connectivity index (χ4n) is 3.29. The van der Waals surface area contributed by atoms with Crippen molar-refractivity contribution in [3.63, 3.8) is 0 Å². The minimum Gasteiger partial charge on any atom is -0.488 e. The van der Waals surface area contributed by atoms with E-state index in [2.05, 4.69) is 21.7 Å². The summed E-state index contributed by atoms with van der Waals surface area (Å²) < 4.78 is 5.89. The van der Waals surface area contributed by atoms with Crippen LogP contribution in [0.4, 0.5) is 0 Å². The first-order valence-corrected chi connectivity index (χ1v) is 9.24. The lowest BCUT2D eigenvalue weighted by molar-refractivity contribution is 0.0937. The summed E-state index contributed by atoms with van der Waals surface area (Å²) in [5, 5.41) is 8.43. The Bertz CT molecular complexity index is 977. The number of hydrogen-bond donors (Lipinski definition) is 2. The van der Waals surface area contributed by atoms with Gasteiger partial charge in [-0.3, -0.25) is 9.78 Å². The highest BCUT2D eigenvalue weighted by atomic mass is 16.5. The molecular weight excluding hydrogens is 338 g/mol. The Hall–Kier alpha value is -2.92. The number of fused-ring (bicyclic) bond motifs is 1. The topological polar surface area (TPSA) is 63.2 Å². The zero-order valence-electron chi connectivity index (χ0n) is 15.5. The molecule has 1 aromatic heterocycles. The first-order valence-electron chi connectivity index (χ1n) is 9.24. The molecule has 1 amide bonds. The predicted molar refractivity (Wildman–Crippen MR) is 106 cm³/mol. The number of benzene rings is 2. The minimum atomic E-state index is -0.205. The van der Waals surface area contributed by atoms with Crippen LogP contribution in [0.25, 0.3) is 10.8 Å². The van der Waals surface area contributed by atoms with Crippen molar-refractivity contribution >= 4 is 16.7 Å². The molecule has 1 fully saturated rings. The summed E-state index contributed by atoms with van der Waals surface area (Å²) in [5.74, 6) is 0.611. The smallest absolute Gasteiger partial charge is 0.252 e. The molecule has 27 heavy (non-hydrogen) atoms. The number of aromatic nitrogens is 1. The predicted octanol–water partition coefficient (Wildman–Crippen LogP) is 3.38. The molecule has 4 rings (SSSR count). The van der Waals surface area contributed by atoms with Gasteiger partial charge in [0.05, 0.1) is 11.7 Å². The van der Waals surface area contributed by atoms with Gasteiger partial charge in [-0.25, -0.2) is 0 Å². The van der Waals surface area contributed by atoms with E-state index in [0.29, 0.717) is 5.56 Å². The molecule has 2 N–H and O–H groups in total. The summed E-state index contributed by atoms with van der Waals surface area (Å²) >= 11 is 0. The molecule has 0 radical (unpaired) electrons. The van der Waals surface area contributed by atoms with Crippen LogP contribution in [0.2, 0.25) is 0 Å². The van der Waals surface area contributed by atoms with E-state index < -0.39 is 0 Å². The van der Waals surface area contributed by atoms with Crippen LogP contribution in [-0.4, -0.2) is 30.1 Å². The third-order valence-corrected chi connectivity index (χ3v) is 4.96. The van der Waals surface area contributed by atoms with E-state index in [0.717, 1.165) is 40.9 Å². The zero-order chi connectivity index (χ0) is 18.8. The van der Waals surface area contributed by atoms with Gasteiger partial charge >= 0.3 is 0 Å². The normalized spacial score (nSPS) is 15.2. The van der Waals surface area contributed by atoms with Crippen LogP contribution in [0.5, 0.6) is 5.75 Å². The number of aryl methyl sites for hydroxylation is 1. The number of pyridine rings is 1. The van der Waals surface area contributed by atoms with Gasteiger partial charge in [0.2, 0.25) is 0 Å². The number of rotatable bonds is 5. The molecule has 0 saturated carbocycles. The second-order valence-corrected chi connectivity index (χ2v) is 6.99. The molecule has 0 spiro atoms. The number of carbonyl (C=O) groups excluding carboxylic acids is 1. The lowest BCUT2D eigenvalue weighted by Gasteiger charge is -2.28. The summed E-state index contributed by atoms with van der Waals surface area (Å²) in [4.78, 5) is 17.4. The summed E-state index contributed by atoms with van der Waals surface area (Å²) in [6.07, 6.45) is 1.97. The Balaban J connectivity index is 1.55. The first-order chi connectivity index (χ1) is 13.1. The third kappa shape index (κ3) is 3.64. The molecule has 2 aromatic carbocycles. The molecule has 5 heteroatoms. The zero-order valence-corrected chi connectivity index (χ0v) is 15.5. The number of carbonyl (C=O) groups is 1. The van der Waals surface area contributed by atoms with Gasteiger partial charge in [-0.2, -0.15) is 0 Å². The Morgan fingerprint density at radius 1 is 1.22 bits per heavy atom. The second kappa shape index (κ2) is 7.37. The standard InChI is InChI=1S/C22H23N3O2/c1-14-7-8-17(27-18-12-23-13-18)11-20(14)22(26)25-15(2)21-19-6-4-3-5-16(19)9-10-24-21/h3-11,15,18,23H,12-13H2,1-2H3,(H,25,26). The summed E-state index contributed by atoms with van der Waals surface area (Å²) in [7, 11) is 0. The first kappa shape index (κ1) is 17.5. The Kier molecular flexibility index (Phi) is 4.77. The molecule has 5 nitrogen and oxygen atoms in total. The minimum absolute atomic E-state index is 0.119. The molecular formula is C22H23N3O2. The molecule has 1 unspecified atom stereocenters. The number of amides is 1. The molecule has 1 saturated heterocycles. The van der Waals surface area contributed by atoms with E-state index in [1.165, 1.54) is 0 Å². The molecule has 3 aromatic rings. The molecule has 138 valence electrons. The number of nitrogens with one attached hydrogen (secondary N) is 2. The maximum Gasteiger partial charge on any atom is 0.252 e. The monoisotopic (exact) mass is 361 g/mol. The van der Waals surface area contributed by atoms with Crippen LogP contribution in [0.1, 0.15) is 34.6 Å². The van der Waals surface area contributed by atoms with Crippen molar-refractivity contribution in [3.8, 4) is 5.75 Å². The van der Waals surface area contributed by atoms with E-state index >= 15 is 0 Å². The van der Waals surface area contributed by atoms with Gasteiger partial charge in [0.1, 0.15) is 11.9 Å². The Morgan fingerprint density at radius 2 is 2.04 bits per heavy atom. The van der Waals surface area contributed by atoms with Crippen molar-refractivity contribution in [2.45, 2.75) is 26.0 Å². The van der Waals surface area contributed by atoms with E-state index in [1.807, 2.05) is 56.3 Å². The SMILES string of the molecule is Cc1ccc(OC2CNC2)cc1C(=O)NC(C)c1nccc2ccccc12. The average Bonchev–Trinajstić information content (AvgIpc) is 2.65. The highest BCUT2D eigenvalue weighted by Crippen LogP contribution is 2.24. The quantitative estimate of drug-likeness (QED) is 0.731. The van der Waals surface area contributed by atoms with Crippen LogP contribution < -0.4 is 15.4 Å². The van der Waals surface area contributed by atoms with E-state index in [9.17, 15) is 4.79 Å². The van der Waals surface area contributed by atoms with Gasteiger partial charge in [-0.15, -0.1) is 0 Å². The van der Waals surface area contributed by atoms with E-state index in [-0.39, 0.29) is 18.1 Å². The van der Waals surface area contributed by atoms with Crippen molar-refractivity contribution in [2.24, 2.45) is 0 Å². The summed E-state index contributed by atoms with van der Waals surface area (Å²) in [5.41, 5.74) is 2.42. The Labute approximate surface area is 158 Å². The van der Waals surface area contributed by atoms with Crippen LogP contribution in [-0.2, 0) is 0 Å². The molecule has 2 heterocycles. The van der Waals surface area contributed by atoms with Crippen molar-refractivity contribution in [1.82, 2.24) is 15.6 Å². The van der Waals surface area contributed by atoms with Crippen molar-refractivity contribution < 1.29 is 9.53 Å². The van der Waals surface area contributed by atoms with Crippen molar-refractivity contribution in [3.05, 3.63) is 71.5 Å². The number of nitrogens with zero attached hydrogens (tertiary/aromatic N) is 1. The van der Waals surface area contributed by atoms with Crippen LogP contribution >= 0.6 is 0 Å². The summed E-state index contributed by atoms with van der Waals surface area (Å²) in [6, 6.07) is 15.5. The van der Waals surface area contributed by atoms with Gasteiger partial charge in [-0.1, -0.05) is 30.3 Å². The van der Waals surface area contributed by atoms with Crippen LogP contribution in [0.3, 0.4) is 0 Å². The maximum atomic E-state index is 12.9.